The molecule has 2 amide bonds. The highest BCUT2D eigenvalue weighted by Gasteiger charge is 2.28. The first-order chi connectivity index (χ1) is 12.8. The van der Waals surface area contributed by atoms with Crippen molar-refractivity contribution in [2.45, 2.75) is 45.1 Å². The number of carboxylic acid groups (broad SMARTS) is 1. The minimum Gasteiger partial charge on any atom is -0.481 e. The molecule has 0 unspecified atom stereocenters. The summed E-state index contributed by atoms with van der Waals surface area (Å²) in [5.74, 6) is -3.57. The topological polar surface area (TPSA) is 139 Å². The van der Waals surface area contributed by atoms with Crippen molar-refractivity contribution in [1.82, 2.24) is 5.32 Å². The van der Waals surface area contributed by atoms with E-state index in [1.807, 2.05) is 0 Å². The van der Waals surface area contributed by atoms with Gasteiger partial charge in [-0.1, -0.05) is 25.1 Å². The predicted octanol–water partition coefficient (Wildman–Crippen LogP) is 1.73. The number of hydrogen-bond donors (Lipinski definition) is 4. The van der Waals surface area contributed by atoms with Crippen molar-refractivity contribution in [1.29, 1.82) is 0 Å². The number of nitrogens with two attached hydrogens (primary N) is 1. The summed E-state index contributed by atoms with van der Waals surface area (Å²) < 4.78 is 0. The molecule has 1 aromatic rings. The average Bonchev–Trinajstić information content (AvgIpc) is 2.65. The van der Waals surface area contributed by atoms with Gasteiger partial charge in [-0.05, 0) is 44.4 Å². The fraction of sp³-hybridized carbons (Fsp3) is 0.474. The fourth-order valence-electron chi connectivity index (χ4n) is 2.42. The third-order valence-electron chi connectivity index (χ3n) is 4.07. The highest BCUT2D eigenvalue weighted by Crippen LogP contribution is 2.10. The lowest BCUT2D eigenvalue weighted by Gasteiger charge is -2.19. The lowest BCUT2D eigenvalue weighted by Crippen LogP contribution is -2.47. The molecule has 0 saturated heterocycles. The van der Waals surface area contributed by atoms with E-state index >= 15 is 0 Å². The number of nitrogens with one attached hydrogen (secondary N) is 2. The molecule has 8 nitrogen and oxygen atoms in total. The number of benzene rings is 1. The van der Waals surface area contributed by atoms with Gasteiger partial charge in [-0.25, -0.2) is 0 Å². The quantitative estimate of drug-likeness (QED) is 0.304. The number of rotatable bonds is 12. The van der Waals surface area contributed by atoms with Gasteiger partial charge in [0.15, 0.2) is 0 Å². The van der Waals surface area contributed by atoms with Crippen LogP contribution in [0.15, 0.2) is 30.3 Å². The maximum Gasteiger partial charge on any atom is 0.303 e. The number of Topliss-reactive ketones (excluding diaryl/α,β-unsaturated/α-hetero) is 1. The summed E-state index contributed by atoms with van der Waals surface area (Å²) in [6, 6.07) is 7.57. The largest absolute Gasteiger partial charge is 0.481 e. The number of anilines is 1. The van der Waals surface area contributed by atoms with Crippen LogP contribution in [0.25, 0.3) is 0 Å². The summed E-state index contributed by atoms with van der Waals surface area (Å²) >= 11 is 0. The Bertz CT molecular complexity index is 654. The van der Waals surface area contributed by atoms with Crippen LogP contribution in [0.4, 0.5) is 5.69 Å². The van der Waals surface area contributed by atoms with Crippen molar-refractivity contribution in [2.24, 2.45) is 11.7 Å². The molecular formula is C19H28ClN3O5. The zero-order valence-corrected chi connectivity index (χ0v) is 16.7. The summed E-state index contributed by atoms with van der Waals surface area (Å²) in [5.41, 5.74) is 5.95. The summed E-state index contributed by atoms with van der Waals surface area (Å²) in [5, 5.41) is 13.8. The fourth-order valence-corrected chi connectivity index (χ4v) is 2.42. The molecule has 0 aliphatic rings. The number of amides is 2. The molecule has 0 fully saturated rings. The van der Waals surface area contributed by atoms with Crippen LogP contribution in [-0.4, -0.2) is 41.3 Å². The molecule has 0 heterocycles. The molecule has 0 aliphatic carbocycles. The molecule has 1 aromatic carbocycles. The van der Waals surface area contributed by atoms with Gasteiger partial charge in [0.05, 0.1) is 6.04 Å². The van der Waals surface area contributed by atoms with Crippen LogP contribution in [0.3, 0.4) is 0 Å². The van der Waals surface area contributed by atoms with E-state index in [1.165, 1.54) is 0 Å². The van der Waals surface area contributed by atoms with Crippen LogP contribution in [0, 0.1) is 5.92 Å². The molecule has 0 aliphatic heterocycles. The van der Waals surface area contributed by atoms with Crippen LogP contribution >= 0.6 is 12.4 Å². The standard InChI is InChI=1S/C19H27N3O5.ClH/c1-13(10-11-16(23)24)18(26)22-15(9-5-6-12-20)17(25)19(27)21-14-7-3-2-4-8-14;/h2-4,7-8,13,15H,5-6,9-12,20H2,1H3,(H,21,27)(H,22,26)(H,23,24);1H/t13-,15-;/m0./s1. The lowest BCUT2D eigenvalue weighted by molar-refractivity contribution is -0.138. The van der Waals surface area contributed by atoms with E-state index in [1.54, 1.807) is 37.3 Å². The first-order valence-corrected chi connectivity index (χ1v) is 8.97. The average molecular weight is 414 g/mol. The number of halogens is 1. The second-order valence-electron chi connectivity index (χ2n) is 6.36. The Labute approximate surface area is 170 Å². The molecule has 0 aromatic heterocycles. The molecule has 1 rings (SSSR count). The van der Waals surface area contributed by atoms with Gasteiger partial charge in [-0.3, -0.25) is 19.2 Å². The number of carbonyl (C=O) groups is 4. The van der Waals surface area contributed by atoms with Gasteiger partial charge < -0.3 is 21.5 Å². The van der Waals surface area contributed by atoms with Crippen molar-refractivity contribution in [3.05, 3.63) is 30.3 Å². The van der Waals surface area contributed by atoms with Crippen LogP contribution in [-0.2, 0) is 19.2 Å². The SMILES string of the molecule is C[C@@H](CCC(=O)O)C(=O)N[C@@H](CCCCN)C(=O)C(=O)Nc1ccccc1.Cl. The normalized spacial score (nSPS) is 12.2. The Kier molecular flexibility index (Phi) is 12.5. The Balaban J connectivity index is 0.00000729. The zero-order valence-electron chi connectivity index (χ0n) is 15.8. The molecule has 0 spiro atoms. The van der Waals surface area contributed by atoms with E-state index in [0.29, 0.717) is 25.1 Å². The Morgan fingerprint density at radius 2 is 1.71 bits per heavy atom. The Hall–Kier alpha value is -2.45. The van der Waals surface area contributed by atoms with E-state index in [9.17, 15) is 19.2 Å². The van der Waals surface area contributed by atoms with Gasteiger partial charge in [-0.2, -0.15) is 0 Å². The van der Waals surface area contributed by atoms with E-state index in [-0.39, 0.29) is 31.7 Å². The first-order valence-electron chi connectivity index (χ1n) is 8.97. The Morgan fingerprint density at radius 3 is 2.29 bits per heavy atom. The van der Waals surface area contributed by atoms with Gasteiger partial charge in [0.2, 0.25) is 11.7 Å². The summed E-state index contributed by atoms with van der Waals surface area (Å²) in [6.45, 7) is 2.03. The molecule has 156 valence electrons. The van der Waals surface area contributed by atoms with E-state index < -0.39 is 35.5 Å². The molecular weight excluding hydrogens is 386 g/mol. The molecule has 0 saturated carbocycles. The van der Waals surface area contributed by atoms with Crippen molar-refractivity contribution in [3.63, 3.8) is 0 Å². The van der Waals surface area contributed by atoms with Gasteiger partial charge in [-0.15, -0.1) is 12.4 Å². The predicted molar refractivity (Wildman–Crippen MR) is 108 cm³/mol. The van der Waals surface area contributed by atoms with Crippen molar-refractivity contribution in [2.75, 3.05) is 11.9 Å². The van der Waals surface area contributed by atoms with E-state index in [2.05, 4.69) is 10.6 Å². The highest BCUT2D eigenvalue weighted by molar-refractivity contribution is 6.42. The number of aliphatic carboxylic acids is 1. The van der Waals surface area contributed by atoms with Crippen LogP contribution < -0.4 is 16.4 Å². The maximum absolute atomic E-state index is 12.5. The van der Waals surface area contributed by atoms with Gasteiger partial charge in [0, 0.05) is 18.0 Å². The molecule has 0 bridgehead atoms. The third kappa shape index (κ3) is 9.48. The smallest absolute Gasteiger partial charge is 0.303 e. The molecule has 28 heavy (non-hydrogen) atoms. The van der Waals surface area contributed by atoms with E-state index in [0.717, 1.165) is 0 Å². The monoisotopic (exact) mass is 413 g/mol. The van der Waals surface area contributed by atoms with Crippen molar-refractivity contribution < 1.29 is 24.3 Å². The Morgan fingerprint density at radius 1 is 1.07 bits per heavy atom. The number of carboxylic acids is 1. The molecule has 2 atom stereocenters. The highest BCUT2D eigenvalue weighted by atomic mass is 35.5. The number of carbonyl (C=O) groups excluding carboxylic acids is 3. The minimum absolute atomic E-state index is 0. The van der Waals surface area contributed by atoms with Gasteiger partial charge >= 0.3 is 5.97 Å². The molecule has 9 heteroatoms. The summed E-state index contributed by atoms with van der Waals surface area (Å²) in [6.07, 6.45) is 1.54. The number of hydrogen-bond acceptors (Lipinski definition) is 5. The first kappa shape index (κ1) is 25.6. The number of para-hydroxylation sites is 1. The second-order valence-corrected chi connectivity index (χ2v) is 6.36. The van der Waals surface area contributed by atoms with Crippen LogP contribution in [0.5, 0.6) is 0 Å². The minimum atomic E-state index is -0.993. The summed E-state index contributed by atoms with van der Waals surface area (Å²) in [7, 11) is 0. The number of unbranched alkanes of at least 4 members (excludes halogenated alkanes) is 1. The summed E-state index contributed by atoms with van der Waals surface area (Å²) in [4.78, 5) is 47.7. The van der Waals surface area contributed by atoms with Crippen LogP contribution in [0.1, 0.15) is 39.0 Å². The van der Waals surface area contributed by atoms with E-state index in [4.69, 9.17) is 10.8 Å². The van der Waals surface area contributed by atoms with Crippen molar-refractivity contribution >= 4 is 41.7 Å². The maximum atomic E-state index is 12.5. The van der Waals surface area contributed by atoms with Gasteiger partial charge in [0.25, 0.3) is 5.91 Å². The lowest BCUT2D eigenvalue weighted by atomic mass is 10.0. The molecule has 5 N–H and O–H groups in total. The second kappa shape index (κ2) is 13.7. The molecule has 0 radical (unpaired) electrons. The van der Waals surface area contributed by atoms with Crippen LogP contribution in [0.2, 0.25) is 0 Å². The number of ketones is 1. The van der Waals surface area contributed by atoms with Crippen molar-refractivity contribution in [3.8, 4) is 0 Å². The van der Waals surface area contributed by atoms with Gasteiger partial charge in [0.1, 0.15) is 0 Å². The zero-order chi connectivity index (χ0) is 20.2. The third-order valence-corrected chi connectivity index (χ3v) is 4.07.